The van der Waals surface area contributed by atoms with E-state index in [0.29, 0.717) is 12.8 Å². The Kier molecular flexibility index (Phi) is 9.35. The normalized spacial score (nSPS) is 18.6. The first-order chi connectivity index (χ1) is 18.5. The summed E-state index contributed by atoms with van der Waals surface area (Å²) in [6.45, 7) is 2.19. The van der Waals surface area contributed by atoms with Crippen LogP contribution in [0.4, 0.5) is 0 Å². The minimum absolute atomic E-state index is 0.402. The van der Waals surface area contributed by atoms with Crippen LogP contribution in [0.3, 0.4) is 0 Å². The molecule has 1 atom stereocenters. The number of hydrogen-bond acceptors (Lipinski definition) is 4. The van der Waals surface area contributed by atoms with Gasteiger partial charge >= 0.3 is 229 Å². The van der Waals surface area contributed by atoms with Crippen LogP contribution < -0.4 is 31.9 Å². The molecule has 0 aliphatic heterocycles. The van der Waals surface area contributed by atoms with Crippen LogP contribution in [0.15, 0.2) is 126 Å². The number of hydrogen-bond donors (Lipinski definition) is 4. The molecule has 0 fully saturated rings. The molecule has 4 rings (SSSR count). The molecule has 0 saturated carbocycles. The van der Waals surface area contributed by atoms with E-state index >= 15 is 0 Å². The monoisotopic (exact) mass is 527 g/mol. The molecule has 0 saturated heterocycles. The molecule has 0 radical (unpaired) electrons. The van der Waals surface area contributed by atoms with Crippen molar-refractivity contribution in [3.63, 3.8) is 0 Å². The van der Waals surface area contributed by atoms with Gasteiger partial charge in [0.05, 0.1) is 0 Å². The predicted octanol–water partition coefficient (Wildman–Crippen LogP) is 3.98. The van der Waals surface area contributed by atoms with E-state index in [2.05, 4.69) is 132 Å². The Morgan fingerprint density at radius 2 is 1.32 bits per heavy atom. The Morgan fingerprint density at radius 1 is 0.842 bits per heavy atom. The van der Waals surface area contributed by atoms with Crippen LogP contribution in [0.2, 0.25) is 0 Å². The first kappa shape index (κ1) is 28.0. The summed E-state index contributed by atoms with van der Waals surface area (Å²) in [6.07, 6.45) is 8.62. The van der Waals surface area contributed by atoms with E-state index in [9.17, 15) is 5.11 Å². The van der Waals surface area contributed by atoms with Gasteiger partial charge in [0, 0.05) is 0 Å². The average molecular weight is 528 g/mol. The van der Waals surface area contributed by atoms with E-state index in [1.54, 1.807) is 0 Å². The zero-order chi connectivity index (χ0) is 27.0. The van der Waals surface area contributed by atoms with Gasteiger partial charge in [0.2, 0.25) is 0 Å². The van der Waals surface area contributed by atoms with Gasteiger partial charge in [0.25, 0.3) is 0 Å². The number of allylic oxidation sites excluding steroid dienone is 3. The summed E-state index contributed by atoms with van der Waals surface area (Å²) in [5, 5.41) is 24.9. The molecule has 0 aromatic heterocycles. The van der Waals surface area contributed by atoms with E-state index in [0.717, 1.165) is 17.4 Å². The van der Waals surface area contributed by atoms with Crippen LogP contribution in [-0.2, 0) is 0 Å². The van der Waals surface area contributed by atoms with Crippen molar-refractivity contribution in [1.82, 2.24) is 16.0 Å². The molecule has 38 heavy (non-hydrogen) atoms. The van der Waals surface area contributed by atoms with Crippen LogP contribution in [-0.4, -0.2) is 44.2 Å². The Bertz CT molecular complexity index is 1170. The molecule has 0 bridgehead atoms. The number of nitrogens with one attached hydrogen (secondary N) is 3. The second-order valence-electron chi connectivity index (χ2n) is 10.1. The molecular weight excluding hydrogens is 485 g/mol. The predicted molar refractivity (Wildman–Crippen MR) is 166 cm³/mol. The van der Waals surface area contributed by atoms with E-state index in [-0.39, 0.29) is 0 Å². The van der Waals surface area contributed by atoms with Crippen LogP contribution >= 0.6 is 7.26 Å². The van der Waals surface area contributed by atoms with Gasteiger partial charge in [0.15, 0.2) is 0 Å². The molecule has 5 heteroatoms. The fourth-order valence-corrected chi connectivity index (χ4v) is 10.5. The Balaban J connectivity index is 1.77. The van der Waals surface area contributed by atoms with Crippen molar-refractivity contribution in [3.05, 3.63) is 126 Å². The van der Waals surface area contributed by atoms with Crippen molar-refractivity contribution in [2.24, 2.45) is 0 Å². The van der Waals surface area contributed by atoms with Crippen molar-refractivity contribution in [3.8, 4) is 0 Å². The molecular formula is C33H42N3OP. The molecule has 0 spiro atoms. The van der Waals surface area contributed by atoms with Crippen molar-refractivity contribution in [2.45, 2.75) is 31.5 Å². The van der Waals surface area contributed by atoms with Gasteiger partial charge in [-0.05, 0) is 0 Å². The van der Waals surface area contributed by atoms with Gasteiger partial charge < -0.3 is 0 Å². The molecule has 4 N–H and O–H groups in total. The molecule has 1 aliphatic rings. The van der Waals surface area contributed by atoms with E-state index in [1.165, 1.54) is 21.5 Å². The van der Waals surface area contributed by atoms with Gasteiger partial charge in [-0.3, -0.25) is 0 Å². The molecule has 0 amide bonds. The van der Waals surface area contributed by atoms with Crippen LogP contribution in [0, 0.1) is 0 Å². The Morgan fingerprint density at radius 3 is 1.74 bits per heavy atom. The summed E-state index contributed by atoms with van der Waals surface area (Å²) >= 11 is 0. The summed E-state index contributed by atoms with van der Waals surface area (Å²) in [4.78, 5) is 0. The molecule has 4 nitrogen and oxygen atoms in total. The first-order valence-corrected chi connectivity index (χ1v) is 15.7. The molecule has 200 valence electrons. The third-order valence-electron chi connectivity index (χ3n) is 7.96. The van der Waals surface area contributed by atoms with Gasteiger partial charge in [-0.2, -0.15) is 0 Å². The van der Waals surface area contributed by atoms with Gasteiger partial charge in [0.1, 0.15) is 0 Å². The summed E-state index contributed by atoms with van der Waals surface area (Å²) < 4.78 is 0. The fraction of sp³-hybridized carbons (Fsp3) is 0.273. The second-order valence-corrected chi connectivity index (χ2v) is 14.0. The third-order valence-corrected chi connectivity index (χ3v) is 12.7. The maximum atomic E-state index is 10.5. The zero-order valence-electron chi connectivity index (χ0n) is 23.0. The standard InChI is InChI=1S/C33H42N3OP/c1-26(20-21-31-32(34-2)24-27(37)25-33(31,35-3)36-4)22-23-38(28-14-8-5-9-15-28,29-16-10-6-11-17-29)30-18-12-7-13-19-30/h5-22,27,34-38H,23-25H2,1-4H3. The van der Waals surface area contributed by atoms with Crippen molar-refractivity contribution in [1.29, 1.82) is 0 Å². The third kappa shape index (κ3) is 5.70. The summed E-state index contributed by atoms with van der Waals surface area (Å²) in [5.41, 5.74) is 2.93. The maximum absolute atomic E-state index is 10.5. The number of aliphatic hydroxyl groups is 1. The fourth-order valence-electron chi connectivity index (χ4n) is 5.84. The number of rotatable bonds is 10. The number of likely N-dealkylation sites (N-methyl/N-ethyl adjacent to an activating group) is 2. The quantitative estimate of drug-likeness (QED) is 0.183. The Hall–Kier alpha value is -3.01. The van der Waals surface area contributed by atoms with E-state index in [1.807, 2.05) is 21.1 Å². The van der Waals surface area contributed by atoms with Crippen LogP contribution in [0.1, 0.15) is 19.8 Å². The molecule has 3 aromatic carbocycles. The van der Waals surface area contributed by atoms with Gasteiger partial charge in [-0.15, -0.1) is 0 Å². The first-order valence-electron chi connectivity index (χ1n) is 13.5. The molecule has 3 aromatic rings. The SMILES string of the molecule is CNC1=C(C=CC(C)=CC[PH](c2ccccc2)(c2ccccc2)c2ccccc2)C(NC)(NC)CC(O)C1. The van der Waals surface area contributed by atoms with E-state index < -0.39 is 19.0 Å². The Labute approximate surface area is 228 Å². The van der Waals surface area contributed by atoms with Crippen molar-refractivity contribution < 1.29 is 5.11 Å². The summed E-state index contributed by atoms with van der Waals surface area (Å²) in [5.74, 6) is 0. The van der Waals surface area contributed by atoms with Gasteiger partial charge in [-0.1, -0.05) is 0 Å². The molecule has 1 aliphatic carbocycles. The summed E-state index contributed by atoms with van der Waals surface area (Å²) in [7, 11) is 3.50. The zero-order valence-corrected chi connectivity index (χ0v) is 24.0. The van der Waals surface area contributed by atoms with E-state index in [4.69, 9.17) is 0 Å². The van der Waals surface area contributed by atoms with Gasteiger partial charge in [-0.25, -0.2) is 0 Å². The van der Waals surface area contributed by atoms with Crippen molar-refractivity contribution >= 4 is 23.2 Å². The topological polar surface area (TPSA) is 56.3 Å². The average Bonchev–Trinajstić information content (AvgIpc) is 2.98. The number of benzene rings is 3. The number of aliphatic hydroxyl groups excluding tert-OH is 1. The minimum atomic E-state index is -2.32. The second kappa shape index (κ2) is 12.7. The van der Waals surface area contributed by atoms with Crippen LogP contribution in [0.5, 0.6) is 0 Å². The molecule has 0 heterocycles. The van der Waals surface area contributed by atoms with Crippen LogP contribution in [0.25, 0.3) is 0 Å². The summed E-state index contributed by atoms with van der Waals surface area (Å²) in [6, 6.07) is 33.1. The molecule has 1 unspecified atom stereocenters. The van der Waals surface area contributed by atoms with Crippen molar-refractivity contribution in [2.75, 3.05) is 27.3 Å².